The van der Waals surface area contributed by atoms with Gasteiger partial charge >= 0.3 is 5.69 Å². The molecule has 0 unspecified atom stereocenters. The molecule has 0 aliphatic heterocycles. The molecular formula is C22H20N4O3S. The van der Waals surface area contributed by atoms with Gasteiger partial charge < -0.3 is 5.11 Å². The van der Waals surface area contributed by atoms with Crippen LogP contribution in [0.3, 0.4) is 0 Å². The van der Waals surface area contributed by atoms with Gasteiger partial charge in [0.25, 0.3) is 5.56 Å². The van der Waals surface area contributed by atoms with Gasteiger partial charge in [0.2, 0.25) is 5.88 Å². The van der Waals surface area contributed by atoms with E-state index in [2.05, 4.69) is 16.0 Å². The van der Waals surface area contributed by atoms with Crippen molar-refractivity contribution in [3.05, 3.63) is 72.2 Å². The third-order valence-corrected chi connectivity index (χ3v) is 6.51. The zero-order chi connectivity index (χ0) is 21.3. The quantitative estimate of drug-likeness (QED) is 0.630. The first kappa shape index (κ1) is 19.9. The molecule has 0 saturated heterocycles. The number of nitriles is 1. The molecule has 1 aromatic carbocycles. The van der Waals surface area contributed by atoms with E-state index in [1.807, 2.05) is 19.1 Å². The van der Waals surface area contributed by atoms with Crippen LogP contribution in [-0.4, -0.2) is 20.9 Å². The minimum Gasteiger partial charge on any atom is -0.493 e. The fourth-order valence-electron chi connectivity index (χ4n) is 3.79. The van der Waals surface area contributed by atoms with Gasteiger partial charge in [-0.15, -0.1) is 11.3 Å². The van der Waals surface area contributed by atoms with E-state index in [-0.39, 0.29) is 5.56 Å². The molecule has 152 valence electrons. The number of aromatic nitrogens is 2. The van der Waals surface area contributed by atoms with Crippen molar-refractivity contribution in [3.8, 4) is 17.6 Å². The van der Waals surface area contributed by atoms with Gasteiger partial charge in [-0.2, -0.15) is 5.26 Å². The summed E-state index contributed by atoms with van der Waals surface area (Å²) in [7, 11) is 0. The fraction of sp³-hybridized carbons (Fsp3) is 0.273. The molecule has 0 atom stereocenters. The number of nitrogens with one attached hydrogen (secondary N) is 1. The van der Waals surface area contributed by atoms with Crippen molar-refractivity contribution in [2.75, 3.05) is 0 Å². The molecule has 2 heterocycles. The van der Waals surface area contributed by atoms with E-state index in [1.165, 1.54) is 17.6 Å². The van der Waals surface area contributed by atoms with Crippen LogP contribution < -0.4 is 11.2 Å². The van der Waals surface area contributed by atoms with Crippen molar-refractivity contribution in [2.24, 2.45) is 4.99 Å². The summed E-state index contributed by atoms with van der Waals surface area (Å²) in [6, 6.07) is 9.40. The first-order chi connectivity index (χ1) is 14.5. The highest BCUT2D eigenvalue weighted by Gasteiger charge is 2.21. The number of aryl methyl sites for hydroxylation is 2. The lowest BCUT2D eigenvalue weighted by atomic mass is 9.96. The van der Waals surface area contributed by atoms with E-state index in [0.29, 0.717) is 22.7 Å². The zero-order valence-corrected chi connectivity index (χ0v) is 17.3. The number of para-hydroxylation sites is 1. The Morgan fingerprint density at radius 1 is 1.30 bits per heavy atom. The Labute approximate surface area is 176 Å². The van der Waals surface area contributed by atoms with Gasteiger partial charge in [0.05, 0.1) is 11.3 Å². The number of hydrogen-bond donors (Lipinski definition) is 2. The van der Waals surface area contributed by atoms with Crippen molar-refractivity contribution in [1.82, 2.24) is 9.55 Å². The SMILES string of the molecule is CCc1ccccc1-n1c(O)c(C=Nc2sc3c(c2C#N)CCCC3)c(=O)[nH]c1=O. The first-order valence-corrected chi connectivity index (χ1v) is 10.6. The van der Waals surface area contributed by atoms with Gasteiger partial charge in [-0.05, 0) is 49.3 Å². The number of aliphatic imine (C=N–C) groups is 1. The zero-order valence-electron chi connectivity index (χ0n) is 16.4. The highest BCUT2D eigenvalue weighted by molar-refractivity contribution is 7.16. The van der Waals surface area contributed by atoms with Gasteiger partial charge in [-0.25, -0.2) is 14.4 Å². The number of aromatic amines is 1. The van der Waals surface area contributed by atoms with Gasteiger partial charge in [-0.1, -0.05) is 25.1 Å². The number of fused-ring (bicyclic) bond motifs is 1. The van der Waals surface area contributed by atoms with E-state index in [1.54, 1.807) is 12.1 Å². The lowest BCUT2D eigenvalue weighted by molar-refractivity contribution is 0.429. The molecule has 4 rings (SSSR count). The Hall–Kier alpha value is -3.44. The van der Waals surface area contributed by atoms with Crippen LogP contribution in [0.4, 0.5) is 5.00 Å². The average molecular weight is 420 g/mol. The second kappa shape index (κ2) is 8.13. The summed E-state index contributed by atoms with van der Waals surface area (Å²) < 4.78 is 1.08. The number of H-pyrrole nitrogens is 1. The Bertz CT molecular complexity index is 1310. The first-order valence-electron chi connectivity index (χ1n) is 9.80. The van der Waals surface area contributed by atoms with Crippen LogP contribution in [0.1, 0.15) is 46.9 Å². The van der Waals surface area contributed by atoms with Crippen LogP contribution in [0.25, 0.3) is 5.69 Å². The number of thiophene rings is 1. The minimum absolute atomic E-state index is 0.129. The summed E-state index contributed by atoms with van der Waals surface area (Å²) in [5.74, 6) is -0.478. The second-order valence-electron chi connectivity index (χ2n) is 7.08. The molecule has 2 N–H and O–H groups in total. The van der Waals surface area contributed by atoms with E-state index in [0.717, 1.165) is 46.3 Å². The van der Waals surface area contributed by atoms with Crippen LogP contribution in [0.5, 0.6) is 5.88 Å². The maximum absolute atomic E-state index is 12.5. The molecule has 8 heteroatoms. The van der Waals surface area contributed by atoms with Crippen molar-refractivity contribution < 1.29 is 5.11 Å². The Morgan fingerprint density at radius 3 is 2.83 bits per heavy atom. The summed E-state index contributed by atoms with van der Waals surface area (Å²) in [6.07, 6.45) is 5.80. The minimum atomic E-state index is -0.730. The summed E-state index contributed by atoms with van der Waals surface area (Å²) in [6.45, 7) is 1.94. The molecule has 0 amide bonds. The Morgan fingerprint density at radius 2 is 2.07 bits per heavy atom. The predicted molar refractivity (Wildman–Crippen MR) is 117 cm³/mol. The average Bonchev–Trinajstić information content (AvgIpc) is 3.11. The fourth-order valence-corrected chi connectivity index (χ4v) is 4.97. The molecule has 0 saturated carbocycles. The Kier molecular flexibility index (Phi) is 5.38. The molecule has 3 aromatic rings. The molecule has 0 fully saturated rings. The molecule has 2 aromatic heterocycles. The maximum Gasteiger partial charge on any atom is 0.335 e. The van der Waals surface area contributed by atoms with Crippen LogP contribution in [0.15, 0.2) is 38.8 Å². The van der Waals surface area contributed by atoms with E-state index in [4.69, 9.17) is 0 Å². The standard InChI is InChI=1S/C22H20N4O3S/c1-2-13-7-3-5-9-17(13)26-21(28)16(19(27)25-22(26)29)12-24-20-15(11-23)14-8-4-6-10-18(14)30-20/h3,5,7,9,12,28H,2,4,6,8,10H2,1H3,(H,25,27,29). The monoisotopic (exact) mass is 420 g/mol. The summed E-state index contributed by atoms with van der Waals surface area (Å²) in [5.41, 5.74) is 1.34. The normalized spacial score (nSPS) is 13.3. The van der Waals surface area contributed by atoms with Crippen molar-refractivity contribution in [1.29, 1.82) is 5.26 Å². The van der Waals surface area contributed by atoms with E-state index < -0.39 is 17.1 Å². The van der Waals surface area contributed by atoms with Gasteiger partial charge in [-0.3, -0.25) is 9.78 Å². The molecule has 1 aliphatic carbocycles. The summed E-state index contributed by atoms with van der Waals surface area (Å²) in [4.78, 5) is 32.6. The largest absolute Gasteiger partial charge is 0.493 e. The van der Waals surface area contributed by atoms with Gasteiger partial charge in [0.15, 0.2) is 0 Å². The van der Waals surface area contributed by atoms with Crippen LogP contribution >= 0.6 is 11.3 Å². The van der Waals surface area contributed by atoms with Crippen molar-refractivity contribution in [3.63, 3.8) is 0 Å². The lowest BCUT2D eigenvalue weighted by Gasteiger charge is -2.13. The highest BCUT2D eigenvalue weighted by Crippen LogP contribution is 2.39. The van der Waals surface area contributed by atoms with Gasteiger partial charge in [0.1, 0.15) is 16.6 Å². The molecule has 0 spiro atoms. The molecular weight excluding hydrogens is 400 g/mol. The van der Waals surface area contributed by atoms with E-state index in [9.17, 15) is 20.0 Å². The number of nitrogens with zero attached hydrogens (tertiary/aromatic N) is 3. The lowest BCUT2D eigenvalue weighted by Crippen LogP contribution is -2.31. The van der Waals surface area contributed by atoms with Crippen LogP contribution in [0, 0.1) is 11.3 Å². The van der Waals surface area contributed by atoms with Crippen LogP contribution in [0.2, 0.25) is 0 Å². The number of rotatable bonds is 4. The van der Waals surface area contributed by atoms with Crippen molar-refractivity contribution in [2.45, 2.75) is 39.0 Å². The molecule has 30 heavy (non-hydrogen) atoms. The summed E-state index contributed by atoms with van der Waals surface area (Å²) >= 11 is 1.44. The molecule has 0 radical (unpaired) electrons. The molecule has 7 nitrogen and oxygen atoms in total. The molecule has 1 aliphatic rings. The second-order valence-corrected chi connectivity index (χ2v) is 8.16. The number of hydrogen-bond acceptors (Lipinski definition) is 6. The maximum atomic E-state index is 12.5. The number of aromatic hydroxyl groups is 1. The topological polar surface area (TPSA) is 111 Å². The summed E-state index contributed by atoms with van der Waals surface area (Å²) in [5, 5.41) is 20.9. The Balaban J connectivity index is 1.84. The predicted octanol–water partition coefficient (Wildman–Crippen LogP) is 3.36. The highest BCUT2D eigenvalue weighted by atomic mass is 32.1. The van der Waals surface area contributed by atoms with Crippen molar-refractivity contribution >= 4 is 22.6 Å². The third-order valence-electron chi connectivity index (χ3n) is 5.31. The third kappa shape index (κ3) is 3.37. The van der Waals surface area contributed by atoms with E-state index >= 15 is 0 Å². The smallest absolute Gasteiger partial charge is 0.335 e. The number of benzene rings is 1. The molecule has 0 bridgehead atoms. The van der Waals surface area contributed by atoms with Crippen LogP contribution in [-0.2, 0) is 19.3 Å². The van der Waals surface area contributed by atoms with Gasteiger partial charge in [0, 0.05) is 11.1 Å².